The quantitative estimate of drug-likeness (QED) is 0.775. The average Bonchev–Trinajstić information content (AvgIpc) is 2.62. The molecule has 1 saturated heterocycles. The van der Waals surface area contributed by atoms with E-state index >= 15 is 0 Å². The van der Waals surface area contributed by atoms with E-state index in [1.807, 2.05) is 36.2 Å². The van der Waals surface area contributed by atoms with Crippen molar-refractivity contribution in [3.8, 4) is 0 Å². The smallest absolute Gasteiger partial charge is 0.251 e. The van der Waals surface area contributed by atoms with Gasteiger partial charge >= 0.3 is 0 Å². The number of amides is 2. The van der Waals surface area contributed by atoms with Gasteiger partial charge in [0.1, 0.15) is 0 Å². The number of rotatable bonds is 7. The standard InChI is InChI=1S/C19H30N4O2/c1-4-23-11-9-17(10-12-23)21-18(24)14-22(3)13-15-5-7-16(8-6-15)19(25)20-2/h5-8,17H,4,9-14H2,1-3H3,(H,20,25)(H,21,24). The van der Waals surface area contributed by atoms with E-state index in [1.165, 1.54) is 0 Å². The zero-order chi connectivity index (χ0) is 18.2. The second-order valence-corrected chi connectivity index (χ2v) is 6.72. The van der Waals surface area contributed by atoms with E-state index < -0.39 is 0 Å². The number of hydrogen-bond donors (Lipinski definition) is 2. The first-order valence-corrected chi connectivity index (χ1v) is 9.03. The van der Waals surface area contributed by atoms with Crippen molar-refractivity contribution in [2.24, 2.45) is 0 Å². The van der Waals surface area contributed by atoms with E-state index in [4.69, 9.17) is 0 Å². The normalized spacial score (nSPS) is 16.0. The lowest BCUT2D eigenvalue weighted by atomic mass is 10.1. The molecule has 2 amide bonds. The van der Waals surface area contributed by atoms with E-state index in [-0.39, 0.29) is 11.8 Å². The maximum Gasteiger partial charge on any atom is 0.251 e. The van der Waals surface area contributed by atoms with E-state index in [1.54, 1.807) is 7.05 Å². The van der Waals surface area contributed by atoms with Crippen molar-refractivity contribution < 1.29 is 9.59 Å². The van der Waals surface area contributed by atoms with Gasteiger partial charge in [-0.15, -0.1) is 0 Å². The topological polar surface area (TPSA) is 64.7 Å². The molecule has 1 fully saturated rings. The lowest BCUT2D eigenvalue weighted by Gasteiger charge is -2.31. The summed E-state index contributed by atoms with van der Waals surface area (Å²) in [5.74, 6) is -0.00664. The van der Waals surface area contributed by atoms with Crippen LogP contribution < -0.4 is 10.6 Å². The fraction of sp³-hybridized carbons (Fsp3) is 0.579. The fourth-order valence-corrected chi connectivity index (χ4v) is 3.19. The van der Waals surface area contributed by atoms with Crippen molar-refractivity contribution in [2.45, 2.75) is 32.4 Å². The summed E-state index contributed by atoms with van der Waals surface area (Å²) in [6, 6.07) is 7.78. The Morgan fingerprint density at radius 3 is 2.40 bits per heavy atom. The van der Waals surface area contributed by atoms with Crippen molar-refractivity contribution in [1.82, 2.24) is 20.4 Å². The first kappa shape index (κ1) is 19.4. The molecule has 2 rings (SSSR count). The van der Waals surface area contributed by atoms with Gasteiger partial charge in [-0.25, -0.2) is 0 Å². The molecule has 1 aliphatic heterocycles. The van der Waals surface area contributed by atoms with Crippen LogP contribution in [-0.2, 0) is 11.3 Å². The maximum absolute atomic E-state index is 12.2. The van der Waals surface area contributed by atoms with Gasteiger partial charge in [-0.05, 0) is 44.1 Å². The Hall–Kier alpha value is -1.92. The molecule has 0 aliphatic carbocycles. The van der Waals surface area contributed by atoms with E-state index in [0.29, 0.717) is 24.7 Å². The molecule has 25 heavy (non-hydrogen) atoms. The van der Waals surface area contributed by atoms with Crippen LogP contribution in [-0.4, -0.2) is 67.9 Å². The number of piperidine rings is 1. The molecular formula is C19H30N4O2. The van der Waals surface area contributed by atoms with Crippen molar-refractivity contribution in [3.05, 3.63) is 35.4 Å². The Morgan fingerprint density at radius 1 is 1.20 bits per heavy atom. The molecule has 6 nitrogen and oxygen atoms in total. The second-order valence-electron chi connectivity index (χ2n) is 6.72. The minimum absolute atomic E-state index is 0.0828. The van der Waals surface area contributed by atoms with Gasteiger partial charge in [-0.3, -0.25) is 14.5 Å². The van der Waals surface area contributed by atoms with Gasteiger partial charge in [0.05, 0.1) is 6.54 Å². The Bertz CT molecular complexity index is 565. The Kier molecular flexibility index (Phi) is 7.40. The molecule has 0 spiro atoms. The minimum Gasteiger partial charge on any atom is -0.355 e. The molecule has 138 valence electrons. The maximum atomic E-state index is 12.2. The summed E-state index contributed by atoms with van der Waals surface area (Å²) in [5, 5.41) is 5.76. The SMILES string of the molecule is CCN1CCC(NC(=O)CN(C)Cc2ccc(C(=O)NC)cc2)CC1. The predicted molar refractivity (Wildman–Crippen MR) is 99.4 cm³/mol. The fourth-order valence-electron chi connectivity index (χ4n) is 3.19. The molecular weight excluding hydrogens is 316 g/mol. The van der Waals surface area contributed by atoms with Crippen molar-refractivity contribution >= 4 is 11.8 Å². The highest BCUT2D eigenvalue weighted by molar-refractivity contribution is 5.93. The van der Waals surface area contributed by atoms with Crippen LogP contribution in [0.15, 0.2) is 24.3 Å². The third-order valence-electron chi connectivity index (χ3n) is 4.71. The molecule has 2 N–H and O–H groups in total. The first-order chi connectivity index (χ1) is 12.0. The van der Waals surface area contributed by atoms with Crippen LogP contribution in [0.1, 0.15) is 35.7 Å². The molecule has 0 atom stereocenters. The zero-order valence-corrected chi connectivity index (χ0v) is 15.5. The van der Waals surface area contributed by atoms with Gasteiger partial charge in [-0.2, -0.15) is 0 Å². The summed E-state index contributed by atoms with van der Waals surface area (Å²) >= 11 is 0. The largest absolute Gasteiger partial charge is 0.355 e. The van der Waals surface area contributed by atoms with Gasteiger partial charge in [-0.1, -0.05) is 19.1 Å². The summed E-state index contributed by atoms with van der Waals surface area (Å²) < 4.78 is 0. The van der Waals surface area contributed by atoms with Crippen LogP contribution in [0.3, 0.4) is 0 Å². The first-order valence-electron chi connectivity index (χ1n) is 9.03. The van der Waals surface area contributed by atoms with E-state index in [0.717, 1.165) is 38.0 Å². The number of carbonyl (C=O) groups excluding carboxylic acids is 2. The van der Waals surface area contributed by atoms with Crippen molar-refractivity contribution in [3.63, 3.8) is 0 Å². The van der Waals surface area contributed by atoms with Crippen LogP contribution in [0.5, 0.6) is 0 Å². The molecule has 0 unspecified atom stereocenters. The monoisotopic (exact) mass is 346 g/mol. The molecule has 0 saturated carbocycles. The van der Waals surface area contributed by atoms with Crippen molar-refractivity contribution in [2.75, 3.05) is 40.3 Å². The van der Waals surface area contributed by atoms with Gasteiger partial charge in [0.15, 0.2) is 0 Å². The Balaban J connectivity index is 1.75. The second kappa shape index (κ2) is 9.53. The summed E-state index contributed by atoms with van der Waals surface area (Å²) in [6.45, 7) is 6.45. The minimum atomic E-state index is -0.0894. The molecule has 1 heterocycles. The van der Waals surface area contributed by atoms with Gasteiger partial charge in [0.2, 0.25) is 5.91 Å². The van der Waals surface area contributed by atoms with E-state index in [2.05, 4.69) is 22.5 Å². The highest BCUT2D eigenvalue weighted by Gasteiger charge is 2.20. The summed E-state index contributed by atoms with van der Waals surface area (Å²) in [4.78, 5) is 28.2. The molecule has 6 heteroatoms. The Labute approximate surface area is 150 Å². The molecule has 0 aromatic heterocycles. The number of likely N-dealkylation sites (N-methyl/N-ethyl adjacent to an activating group) is 1. The van der Waals surface area contributed by atoms with Crippen LogP contribution in [0.25, 0.3) is 0 Å². The molecule has 1 aromatic carbocycles. The third kappa shape index (κ3) is 6.14. The summed E-state index contributed by atoms with van der Waals surface area (Å²) in [7, 11) is 3.56. The molecule has 1 aromatic rings. The lowest BCUT2D eigenvalue weighted by molar-refractivity contribution is -0.123. The number of carbonyl (C=O) groups is 2. The van der Waals surface area contributed by atoms with Crippen molar-refractivity contribution in [1.29, 1.82) is 0 Å². The van der Waals surface area contributed by atoms with Crippen LogP contribution in [0.4, 0.5) is 0 Å². The number of likely N-dealkylation sites (tertiary alicyclic amines) is 1. The van der Waals surface area contributed by atoms with Gasteiger partial charge in [0, 0.05) is 38.3 Å². The van der Waals surface area contributed by atoms with Crippen LogP contribution in [0.2, 0.25) is 0 Å². The highest BCUT2D eigenvalue weighted by Crippen LogP contribution is 2.10. The number of nitrogens with zero attached hydrogens (tertiary/aromatic N) is 2. The number of benzene rings is 1. The number of nitrogens with one attached hydrogen (secondary N) is 2. The molecule has 0 radical (unpaired) electrons. The number of hydrogen-bond acceptors (Lipinski definition) is 4. The van der Waals surface area contributed by atoms with Gasteiger partial charge < -0.3 is 15.5 Å². The summed E-state index contributed by atoms with van der Waals surface area (Å²) in [6.07, 6.45) is 2.06. The van der Waals surface area contributed by atoms with Gasteiger partial charge in [0.25, 0.3) is 5.91 Å². The third-order valence-corrected chi connectivity index (χ3v) is 4.71. The van der Waals surface area contributed by atoms with Crippen LogP contribution >= 0.6 is 0 Å². The Morgan fingerprint density at radius 2 is 1.84 bits per heavy atom. The lowest BCUT2D eigenvalue weighted by Crippen LogP contribution is -2.46. The molecule has 1 aliphatic rings. The van der Waals surface area contributed by atoms with E-state index in [9.17, 15) is 9.59 Å². The molecule has 0 bridgehead atoms. The van der Waals surface area contributed by atoms with Crippen LogP contribution in [0, 0.1) is 0 Å². The zero-order valence-electron chi connectivity index (χ0n) is 15.5. The predicted octanol–water partition coefficient (Wildman–Crippen LogP) is 1.08. The average molecular weight is 346 g/mol. The highest BCUT2D eigenvalue weighted by atomic mass is 16.2. The summed E-state index contributed by atoms with van der Waals surface area (Å²) in [5.41, 5.74) is 1.73.